The number of pyridine rings is 1. The molecule has 2 N–H and O–H groups in total. The Balaban J connectivity index is 1.45. The fraction of sp³-hybridized carbons (Fsp3) is 0.231. The van der Waals surface area contributed by atoms with Crippen molar-refractivity contribution in [3.63, 3.8) is 0 Å². The van der Waals surface area contributed by atoms with Gasteiger partial charge in [0, 0.05) is 24.1 Å². The minimum absolute atomic E-state index is 0.000976. The lowest BCUT2D eigenvalue weighted by molar-refractivity contribution is -0.117. The monoisotopic (exact) mass is 397 g/mol. The van der Waals surface area contributed by atoms with E-state index >= 15 is 0 Å². The highest BCUT2D eigenvalue weighted by molar-refractivity contribution is 5.96. The predicted molar refractivity (Wildman–Crippen MR) is 123 cm³/mol. The zero-order chi connectivity index (χ0) is 20.9. The maximum absolute atomic E-state index is 12.9. The summed E-state index contributed by atoms with van der Waals surface area (Å²) >= 11 is 0. The third-order valence-corrected chi connectivity index (χ3v) is 5.60. The van der Waals surface area contributed by atoms with E-state index < -0.39 is 0 Å². The molecule has 0 fully saturated rings. The number of carbonyl (C=O) groups excluding carboxylic acids is 1. The number of nitrogens with zero attached hydrogens (tertiary/aromatic N) is 1. The summed E-state index contributed by atoms with van der Waals surface area (Å²) in [7, 11) is 0. The number of carbonyl (C=O) groups is 1. The van der Waals surface area contributed by atoms with Crippen LogP contribution in [0.25, 0.3) is 16.7 Å². The summed E-state index contributed by atoms with van der Waals surface area (Å²) in [6, 6.07) is 20.4. The highest BCUT2D eigenvalue weighted by Crippen LogP contribution is 2.26. The first-order valence-corrected chi connectivity index (χ1v) is 10.4. The third kappa shape index (κ3) is 4.66. The first-order chi connectivity index (χ1) is 14.6. The first-order valence-electron chi connectivity index (χ1n) is 10.4. The average molecular weight is 398 g/mol. The van der Waals surface area contributed by atoms with Crippen LogP contribution in [0, 0.1) is 6.92 Å². The molecular formula is C26H27N3O. The van der Waals surface area contributed by atoms with Gasteiger partial charge in [-0.1, -0.05) is 42.5 Å². The average Bonchev–Trinajstić information content (AvgIpc) is 2.80. The van der Waals surface area contributed by atoms with Crippen molar-refractivity contribution in [2.45, 2.75) is 26.2 Å². The molecule has 1 aliphatic heterocycles. The van der Waals surface area contributed by atoms with Crippen LogP contribution in [0.4, 0.5) is 5.69 Å². The number of amides is 1. The Bertz CT molecular complexity index is 1070. The Morgan fingerprint density at radius 2 is 1.87 bits per heavy atom. The maximum Gasteiger partial charge on any atom is 0.231 e. The Morgan fingerprint density at radius 1 is 1.03 bits per heavy atom. The minimum Gasteiger partial charge on any atom is -0.326 e. The van der Waals surface area contributed by atoms with Gasteiger partial charge in [-0.25, -0.2) is 0 Å². The molecule has 1 aliphatic rings. The number of aryl methyl sites for hydroxylation is 1. The molecule has 0 radical (unpaired) electrons. The number of anilines is 1. The molecule has 152 valence electrons. The molecule has 3 aromatic rings. The lowest BCUT2D eigenvalue weighted by Crippen LogP contribution is -2.20. The number of hydrogen-bond acceptors (Lipinski definition) is 3. The lowest BCUT2D eigenvalue weighted by Gasteiger charge is -2.17. The predicted octanol–water partition coefficient (Wildman–Crippen LogP) is 5.18. The van der Waals surface area contributed by atoms with Crippen LogP contribution in [0.5, 0.6) is 0 Å². The van der Waals surface area contributed by atoms with E-state index in [1.165, 1.54) is 11.1 Å². The van der Waals surface area contributed by atoms with E-state index in [1.54, 1.807) is 0 Å². The van der Waals surface area contributed by atoms with Crippen molar-refractivity contribution in [1.82, 2.24) is 10.3 Å². The van der Waals surface area contributed by atoms with Gasteiger partial charge >= 0.3 is 0 Å². The minimum atomic E-state index is -0.227. The van der Waals surface area contributed by atoms with E-state index in [0.29, 0.717) is 0 Å². The van der Waals surface area contributed by atoms with E-state index in [1.807, 2.05) is 62.5 Å². The third-order valence-electron chi connectivity index (χ3n) is 5.60. The van der Waals surface area contributed by atoms with Gasteiger partial charge in [0.15, 0.2) is 0 Å². The summed E-state index contributed by atoms with van der Waals surface area (Å²) in [5, 5.41) is 6.39. The Hall–Kier alpha value is -3.24. The van der Waals surface area contributed by atoms with Gasteiger partial charge in [0.25, 0.3) is 0 Å². The van der Waals surface area contributed by atoms with Crippen molar-refractivity contribution in [1.29, 1.82) is 0 Å². The molecule has 2 aromatic carbocycles. The zero-order valence-corrected chi connectivity index (χ0v) is 17.5. The summed E-state index contributed by atoms with van der Waals surface area (Å²) in [5.41, 5.74) is 7.62. The molecule has 0 saturated heterocycles. The van der Waals surface area contributed by atoms with Gasteiger partial charge in [-0.3, -0.25) is 9.78 Å². The van der Waals surface area contributed by atoms with Crippen LogP contribution >= 0.6 is 0 Å². The summed E-state index contributed by atoms with van der Waals surface area (Å²) < 4.78 is 0. The van der Waals surface area contributed by atoms with Crippen molar-refractivity contribution in [2.75, 3.05) is 18.4 Å². The molecule has 1 aromatic heterocycles. The quantitative estimate of drug-likeness (QED) is 0.624. The molecule has 1 atom stereocenters. The summed E-state index contributed by atoms with van der Waals surface area (Å²) in [4.78, 5) is 17.1. The molecule has 0 saturated carbocycles. The number of hydrogen-bond donors (Lipinski definition) is 2. The molecule has 4 rings (SSSR count). The smallest absolute Gasteiger partial charge is 0.231 e. The standard InChI is InChI=1S/C26H27N3O/c1-18-16-24(12-15-28-18)20-6-8-25(9-7-20)29-26(30)19(2)22-4-3-5-23(17-22)21-10-13-27-14-11-21/h3-10,12,15-17,19,27H,11,13-14H2,1-2H3,(H,29,30). The topological polar surface area (TPSA) is 54.0 Å². The molecule has 30 heavy (non-hydrogen) atoms. The van der Waals surface area contributed by atoms with Crippen LogP contribution in [0.1, 0.15) is 36.1 Å². The fourth-order valence-electron chi connectivity index (χ4n) is 3.77. The normalized spacial score (nSPS) is 14.7. The van der Waals surface area contributed by atoms with Crippen LogP contribution in [0.2, 0.25) is 0 Å². The lowest BCUT2D eigenvalue weighted by atomic mass is 9.93. The summed E-state index contributed by atoms with van der Waals surface area (Å²) in [6.45, 7) is 5.85. The van der Waals surface area contributed by atoms with Crippen LogP contribution < -0.4 is 10.6 Å². The van der Waals surface area contributed by atoms with Crippen molar-refractivity contribution in [3.05, 3.63) is 89.8 Å². The number of nitrogens with one attached hydrogen (secondary N) is 2. The largest absolute Gasteiger partial charge is 0.326 e. The van der Waals surface area contributed by atoms with E-state index in [4.69, 9.17) is 0 Å². The SMILES string of the molecule is Cc1cc(-c2ccc(NC(=O)C(C)c3cccc(C4=CCNCC4)c3)cc2)ccn1. The van der Waals surface area contributed by atoms with Crippen molar-refractivity contribution in [2.24, 2.45) is 0 Å². The zero-order valence-electron chi connectivity index (χ0n) is 17.5. The Morgan fingerprint density at radius 3 is 2.60 bits per heavy atom. The molecule has 4 nitrogen and oxygen atoms in total. The number of benzene rings is 2. The second-order valence-electron chi connectivity index (χ2n) is 7.78. The van der Waals surface area contributed by atoms with Gasteiger partial charge in [0.1, 0.15) is 0 Å². The van der Waals surface area contributed by atoms with E-state index in [9.17, 15) is 4.79 Å². The van der Waals surface area contributed by atoms with Gasteiger partial charge in [0.05, 0.1) is 5.92 Å². The molecule has 2 heterocycles. The molecule has 4 heteroatoms. The maximum atomic E-state index is 12.9. The summed E-state index contributed by atoms with van der Waals surface area (Å²) in [6.07, 6.45) is 5.07. The van der Waals surface area contributed by atoms with E-state index in [0.717, 1.165) is 47.6 Å². The molecule has 1 unspecified atom stereocenters. The van der Waals surface area contributed by atoms with Gasteiger partial charge in [0.2, 0.25) is 5.91 Å². The number of rotatable bonds is 5. The summed E-state index contributed by atoms with van der Waals surface area (Å²) in [5.74, 6) is -0.228. The van der Waals surface area contributed by atoms with Crippen LogP contribution in [0.3, 0.4) is 0 Å². The fourth-order valence-corrected chi connectivity index (χ4v) is 3.77. The van der Waals surface area contributed by atoms with Crippen molar-refractivity contribution in [3.8, 4) is 11.1 Å². The van der Waals surface area contributed by atoms with Gasteiger partial charge in [-0.2, -0.15) is 0 Å². The van der Waals surface area contributed by atoms with Crippen LogP contribution in [0.15, 0.2) is 72.9 Å². The van der Waals surface area contributed by atoms with Gasteiger partial charge in [-0.05, 0) is 78.9 Å². The highest BCUT2D eigenvalue weighted by Gasteiger charge is 2.17. The number of aromatic nitrogens is 1. The molecule has 0 bridgehead atoms. The molecule has 0 aliphatic carbocycles. The second kappa shape index (κ2) is 9.06. The second-order valence-corrected chi connectivity index (χ2v) is 7.78. The van der Waals surface area contributed by atoms with Gasteiger partial charge < -0.3 is 10.6 Å². The first kappa shape index (κ1) is 20.0. The Kier molecular flexibility index (Phi) is 6.05. The molecule has 0 spiro atoms. The van der Waals surface area contributed by atoms with E-state index in [-0.39, 0.29) is 11.8 Å². The van der Waals surface area contributed by atoms with Crippen molar-refractivity contribution < 1.29 is 4.79 Å². The van der Waals surface area contributed by atoms with E-state index in [2.05, 4.69) is 39.9 Å². The molecular weight excluding hydrogens is 370 g/mol. The molecule has 1 amide bonds. The van der Waals surface area contributed by atoms with Crippen LogP contribution in [-0.4, -0.2) is 24.0 Å². The van der Waals surface area contributed by atoms with Crippen LogP contribution in [-0.2, 0) is 4.79 Å². The highest BCUT2D eigenvalue weighted by atomic mass is 16.1. The van der Waals surface area contributed by atoms with Gasteiger partial charge in [-0.15, -0.1) is 0 Å². The van der Waals surface area contributed by atoms with Crippen molar-refractivity contribution >= 4 is 17.2 Å². The Labute approximate surface area is 178 Å².